The number of nitrogens with zero attached hydrogens (tertiary/aromatic N) is 3. The van der Waals surface area contributed by atoms with Crippen LogP contribution in [0.25, 0.3) is 0 Å². The first-order valence-corrected chi connectivity index (χ1v) is 8.70. The normalized spacial score (nSPS) is 21.5. The third-order valence-electron chi connectivity index (χ3n) is 4.43. The smallest absolute Gasteiger partial charge is 0.263 e. The van der Waals surface area contributed by atoms with Gasteiger partial charge in [-0.15, -0.1) is 11.3 Å². The maximum Gasteiger partial charge on any atom is 0.263 e. The Morgan fingerprint density at radius 3 is 2.96 bits per heavy atom. The summed E-state index contributed by atoms with van der Waals surface area (Å²) in [5.74, 6) is 0.398. The van der Waals surface area contributed by atoms with Crippen molar-refractivity contribution in [2.45, 2.75) is 26.3 Å². The molecule has 1 N–H and O–H groups in total. The topological polar surface area (TPSA) is 58.1 Å². The largest absolute Gasteiger partial charge is 0.351 e. The van der Waals surface area contributed by atoms with E-state index in [4.69, 9.17) is 0 Å². The monoisotopic (exact) mass is 330 g/mol. The van der Waals surface area contributed by atoms with Gasteiger partial charge in [-0.25, -0.2) is 4.98 Å². The average Bonchev–Trinajstić information content (AvgIpc) is 3.08. The predicted molar refractivity (Wildman–Crippen MR) is 91.6 cm³/mol. The number of pyridine rings is 1. The van der Waals surface area contributed by atoms with E-state index < -0.39 is 0 Å². The van der Waals surface area contributed by atoms with E-state index >= 15 is 0 Å². The van der Waals surface area contributed by atoms with Crippen molar-refractivity contribution in [2.24, 2.45) is 5.92 Å². The van der Waals surface area contributed by atoms with E-state index in [2.05, 4.69) is 33.3 Å². The van der Waals surface area contributed by atoms with Crippen molar-refractivity contribution in [2.75, 3.05) is 20.1 Å². The highest BCUT2D eigenvalue weighted by Gasteiger charge is 2.33. The Hall–Kier alpha value is -1.79. The molecule has 0 unspecified atom stereocenters. The van der Waals surface area contributed by atoms with Crippen LogP contribution in [0.2, 0.25) is 0 Å². The zero-order chi connectivity index (χ0) is 16.4. The Labute approximate surface area is 140 Å². The molecule has 1 fully saturated rings. The van der Waals surface area contributed by atoms with Gasteiger partial charge in [0.05, 0.1) is 10.7 Å². The van der Waals surface area contributed by atoms with Gasteiger partial charge < -0.3 is 5.32 Å². The molecule has 6 heteroatoms. The second-order valence-electron chi connectivity index (χ2n) is 6.12. The van der Waals surface area contributed by atoms with Gasteiger partial charge in [0.15, 0.2) is 0 Å². The lowest BCUT2D eigenvalue weighted by molar-refractivity contribution is 0.0947. The van der Waals surface area contributed by atoms with Gasteiger partial charge in [-0.2, -0.15) is 0 Å². The second kappa shape index (κ2) is 6.76. The minimum atomic E-state index is -0.00686. The van der Waals surface area contributed by atoms with Gasteiger partial charge in [-0.05, 0) is 51.4 Å². The fourth-order valence-electron chi connectivity index (χ4n) is 3.36. The summed E-state index contributed by atoms with van der Waals surface area (Å²) in [5, 5.41) is 4.03. The molecule has 0 radical (unpaired) electrons. The number of carbonyl (C=O) groups is 1. The third-order valence-corrected chi connectivity index (χ3v) is 5.51. The number of aromatic nitrogens is 2. The van der Waals surface area contributed by atoms with Gasteiger partial charge in [-0.1, -0.05) is 6.07 Å². The van der Waals surface area contributed by atoms with Crippen molar-refractivity contribution in [3.63, 3.8) is 0 Å². The molecule has 122 valence electrons. The fraction of sp³-hybridized carbons (Fsp3) is 0.471. The van der Waals surface area contributed by atoms with E-state index in [1.165, 1.54) is 16.9 Å². The van der Waals surface area contributed by atoms with Crippen LogP contribution in [0.15, 0.2) is 24.5 Å². The van der Waals surface area contributed by atoms with Crippen LogP contribution in [0.3, 0.4) is 0 Å². The summed E-state index contributed by atoms with van der Waals surface area (Å²) < 4.78 is 0. The van der Waals surface area contributed by atoms with E-state index in [0.717, 1.165) is 28.5 Å². The zero-order valence-corrected chi connectivity index (χ0v) is 14.6. The Morgan fingerprint density at radius 2 is 2.30 bits per heavy atom. The Bertz CT molecular complexity index is 685. The highest BCUT2D eigenvalue weighted by molar-refractivity contribution is 7.13. The average molecular weight is 330 g/mol. The number of rotatable bonds is 4. The number of likely N-dealkylation sites (tertiary alicyclic amines) is 1. The maximum atomic E-state index is 12.4. The van der Waals surface area contributed by atoms with E-state index in [0.29, 0.717) is 18.5 Å². The summed E-state index contributed by atoms with van der Waals surface area (Å²) in [4.78, 5) is 24.0. The van der Waals surface area contributed by atoms with Crippen molar-refractivity contribution in [3.8, 4) is 0 Å². The molecule has 0 spiro atoms. The molecule has 0 aliphatic carbocycles. The molecule has 5 nitrogen and oxygen atoms in total. The summed E-state index contributed by atoms with van der Waals surface area (Å²) in [7, 11) is 2.14. The molecule has 0 aromatic carbocycles. The molecule has 3 heterocycles. The standard InChI is InChI=1S/C17H22N4OS/c1-11-16(23-12(2)20-11)17(22)19-10-14-6-8-21(3)15(14)13-5-4-7-18-9-13/h4-5,7,9,14-15H,6,8,10H2,1-3H3,(H,19,22)/t14-,15-/m0/s1. The molecule has 1 amide bonds. The highest BCUT2D eigenvalue weighted by atomic mass is 32.1. The van der Waals surface area contributed by atoms with E-state index in [1.54, 1.807) is 6.20 Å². The molecule has 23 heavy (non-hydrogen) atoms. The Kier molecular flexibility index (Phi) is 4.73. The molecule has 0 saturated carbocycles. The van der Waals surface area contributed by atoms with Crippen molar-refractivity contribution in [1.82, 2.24) is 20.2 Å². The lowest BCUT2D eigenvalue weighted by Gasteiger charge is -2.25. The molecular formula is C17H22N4OS. The van der Waals surface area contributed by atoms with Gasteiger partial charge >= 0.3 is 0 Å². The number of nitrogens with one attached hydrogen (secondary N) is 1. The second-order valence-corrected chi connectivity index (χ2v) is 7.32. The van der Waals surface area contributed by atoms with Crippen LogP contribution in [-0.2, 0) is 0 Å². The number of carbonyl (C=O) groups excluding carboxylic acids is 1. The third kappa shape index (κ3) is 3.43. The summed E-state index contributed by atoms with van der Waals surface area (Å²) in [6, 6.07) is 4.40. The van der Waals surface area contributed by atoms with Crippen LogP contribution in [0.5, 0.6) is 0 Å². The molecule has 0 bridgehead atoms. The minimum absolute atomic E-state index is 0.00686. The van der Waals surface area contributed by atoms with Gasteiger partial charge in [0, 0.05) is 25.0 Å². The summed E-state index contributed by atoms with van der Waals surface area (Å²) in [5.41, 5.74) is 2.04. The number of thiazole rings is 1. The first-order valence-electron chi connectivity index (χ1n) is 7.88. The first-order chi connectivity index (χ1) is 11.1. The lowest BCUT2D eigenvalue weighted by atomic mass is 9.95. The minimum Gasteiger partial charge on any atom is -0.351 e. The van der Waals surface area contributed by atoms with Crippen LogP contribution in [-0.4, -0.2) is 40.9 Å². The maximum absolute atomic E-state index is 12.4. The highest BCUT2D eigenvalue weighted by Crippen LogP contribution is 2.35. The molecule has 2 atom stereocenters. The van der Waals surface area contributed by atoms with Crippen LogP contribution in [0.4, 0.5) is 0 Å². The fourth-order valence-corrected chi connectivity index (χ4v) is 4.20. The van der Waals surface area contributed by atoms with Gasteiger partial charge in [0.1, 0.15) is 4.88 Å². The SMILES string of the molecule is Cc1nc(C)c(C(=O)NC[C@@H]2CCN(C)[C@H]2c2cccnc2)s1. The molecule has 2 aromatic rings. The Balaban J connectivity index is 1.67. The van der Waals surface area contributed by atoms with Gasteiger partial charge in [0.25, 0.3) is 5.91 Å². The van der Waals surface area contributed by atoms with Crippen LogP contribution >= 0.6 is 11.3 Å². The van der Waals surface area contributed by atoms with Gasteiger partial charge in [-0.3, -0.25) is 14.7 Å². The summed E-state index contributed by atoms with van der Waals surface area (Å²) >= 11 is 1.46. The molecule has 2 aromatic heterocycles. The number of amides is 1. The van der Waals surface area contributed by atoms with Crippen molar-refractivity contribution in [3.05, 3.63) is 45.7 Å². The molecular weight excluding hydrogens is 308 g/mol. The zero-order valence-electron chi connectivity index (χ0n) is 13.7. The van der Waals surface area contributed by atoms with Crippen LogP contribution < -0.4 is 5.32 Å². The molecule has 3 rings (SSSR count). The first kappa shape index (κ1) is 16.1. The summed E-state index contributed by atoms with van der Waals surface area (Å²) in [6.07, 6.45) is 4.80. The predicted octanol–water partition coefficient (Wildman–Crippen LogP) is 2.58. The molecule has 1 saturated heterocycles. The lowest BCUT2D eigenvalue weighted by Crippen LogP contribution is -2.32. The van der Waals surface area contributed by atoms with Crippen LogP contribution in [0.1, 0.15) is 38.4 Å². The number of hydrogen-bond donors (Lipinski definition) is 1. The molecule has 1 aliphatic rings. The van der Waals surface area contributed by atoms with E-state index in [-0.39, 0.29) is 5.91 Å². The van der Waals surface area contributed by atoms with E-state index in [9.17, 15) is 4.79 Å². The van der Waals surface area contributed by atoms with Crippen molar-refractivity contribution >= 4 is 17.2 Å². The molecule has 1 aliphatic heterocycles. The number of aryl methyl sites for hydroxylation is 2. The van der Waals surface area contributed by atoms with Crippen LogP contribution in [0, 0.1) is 19.8 Å². The summed E-state index contributed by atoms with van der Waals surface area (Å²) in [6.45, 7) is 5.54. The van der Waals surface area contributed by atoms with E-state index in [1.807, 2.05) is 26.1 Å². The number of hydrogen-bond acceptors (Lipinski definition) is 5. The quantitative estimate of drug-likeness (QED) is 0.936. The Morgan fingerprint density at radius 1 is 1.48 bits per heavy atom. The van der Waals surface area contributed by atoms with Crippen molar-refractivity contribution < 1.29 is 4.79 Å². The van der Waals surface area contributed by atoms with Crippen molar-refractivity contribution in [1.29, 1.82) is 0 Å². The van der Waals surface area contributed by atoms with Gasteiger partial charge in [0.2, 0.25) is 0 Å².